The van der Waals surface area contributed by atoms with Gasteiger partial charge in [-0.2, -0.15) is 0 Å². The van der Waals surface area contributed by atoms with Gasteiger partial charge in [-0.1, -0.05) is 36.8 Å². The van der Waals surface area contributed by atoms with E-state index in [0.29, 0.717) is 5.92 Å². The average Bonchev–Trinajstić information content (AvgIpc) is 2.47. The van der Waals surface area contributed by atoms with E-state index in [-0.39, 0.29) is 6.10 Å². The van der Waals surface area contributed by atoms with Crippen molar-refractivity contribution in [3.8, 4) is 5.75 Å². The van der Waals surface area contributed by atoms with Crippen LogP contribution in [0, 0.1) is 5.92 Å². The topological polar surface area (TPSA) is 41.5 Å². The van der Waals surface area contributed by atoms with Crippen LogP contribution in [-0.4, -0.2) is 31.4 Å². The summed E-state index contributed by atoms with van der Waals surface area (Å²) in [6.07, 6.45) is 8.44. The van der Waals surface area contributed by atoms with E-state index in [1.807, 2.05) is 24.3 Å². The maximum Gasteiger partial charge on any atom is 0.126 e. The average molecular weight is 275 g/mol. The summed E-state index contributed by atoms with van der Waals surface area (Å²) in [5.74, 6) is 1.53. The minimum absolute atomic E-state index is 0.0836. The first kappa shape index (κ1) is 15.1. The maximum absolute atomic E-state index is 9.63. The summed E-state index contributed by atoms with van der Waals surface area (Å²) >= 11 is 0. The molecule has 2 atom stereocenters. The molecule has 2 N–H and O–H groups in total. The molecular formula is C17H25NO2. The molecule has 0 heterocycles. The van der Waals surface area contributed by atoms with Crippen LogP contribution in [0.25, 0.3) is 6.08 Å². The zero-order valence-electron chi connectivity index (χ0n) is 12.2. The smallest absolute Gasteiger partial charge is 0.126 e. The highest BCUT2D eigenvalue weighted by Gasteiger charge is 2.19. The Labute approximate surface area is 121 Å². The predicted octanol–water partition coefficient (Wildman–Crippen LogP) is 2.85. The van der Waals surface area contributed by atoms with Crippen LogP contribution in [-0.2, 0) is 0 Å². The molecule has 1 aromatic carbocycles. The highest BCUT2D eigenvalue weighted by atomic mass is 16.5. The van der Waals surface area contributed by atoms with Gasteiger partial charge < -0.3 is 15.2 Å². The molecule has 3 heteroatoms. The van der Waals surface area contributed by atoms with Gasteiger partial charge in [-0.05, 0) is 37.8 Å². The van der Waals surface area contributed by atoms with Crippen LogP contribution in [0.4, 0.5) is 0 Å². The molecule has 110 valence electrons. The first-order chi connectivity index (χ1) is 9.79. The van der Waals surface area contributed by atoms with Crippen LogP contribution in [0.3, 0.4) is 0 Å². The standard InChI is InChI=1S/C17H25NO2/c1-20-17-10-3-2-7-15(17)8-5-11-18-13-14-6-4-9-16(19)12-14/h2-3,5,7-8,10,14,16,18-19H,4,6,9,11-13H2,1H3. The van der Waals surface area contributed by atoms with Gasteiger partial charge in [-0.25, -0.2) is 0 Å². The van der Waals surface area contributed by atoms with E-state index in [4.69, 9.17) is 4.74 Å². The molecule has 0 bridgehead atoms. The van der Waals surface area contributed by atoms with Crippen molar-refractivity contribution < 1.29 is 9.84 Å². The number of aliphatic hydroxyl groups excluding tert-OH is 1. The summed E-state index contributed by atoms with van der Waals surface area (Å²) in [5, 5.41) is 13.1. The van der Waals surface area contributed by atoms with Crippen molar-refractivity contribution in [2.45, 2.75) is 31.8 Å². The molecule has 0 aliphatic heterocycles. The minimum Gasteiger partial charge on any atom is -0.496 e. The SMILES string of the molecule is COc1ccccc1C=CCNCC1CCCC(O)C1. The molecule has 1 saturated carbocycles. The van der Waals surface area contributed by atoms with Gasteiger partial charge in [-0.15, -0.1) is 0 Å². The molecule has 0 radical (unpaired) electrons. The Morgan fingerprint density at radius 1 is 1.35 bits per heavy atom. The van der Waals surface area contributed by atoms with Crippen LogP contribution in [0.1, 0.15) is 31.2 Å². The van der Waals surface area contributed by atoms with E-state index >= 15 is 0 Å². The number of benzene rings is 1. The molecule has 1 aliphatic carbocycles. The lowest BCUT2D eigenvalue weighted by Gasteiger charge is -2.25. The summed E-state index contributed by atoms with van der Waals surface area (Å²) in [7, 11) is 1.69. The van der Waals surface area contributed by atoms with Crippen molar-refractivity contribution >= 4 is 6.08 Å². The summed E-state index contributed by atoms with van der Waals surface area (Å²) in [6, 6.07) is 8.01. The molecule has 0 aromatic heterocycles. The van der Waals surface area contributed by atoms with Gasteiger partial charge in [0.2, 0.25) is 0 Å². The number of methoxy groups -OCH3 is 1. The third kappa shape index (κ3) is 4.66. The van der Waals surface area contributed by atoms with Crippen LogP contribution in [0.2, 0.25) is 0 Å². The van der Waals surface area contributed by atoms with Gasteiger partial charge in [-0.3, -0.25) is 0 Å². The van der Waals surface area contributed by atoms with Crippen LogP contribution in [0.15, 0.2) is 30.3 Å². The Bertz CT molecular complexity index is 431. The highest BCUT2D eigenvalue weighted by molar-refractivity contribution is 5.57. The number of para-hydroxylation sites is 1. The van der Waals surface area contributed by atoms with Crippen LogP contribution < -0.4 is 10.1 Å². The Morgan fingerprint density at radius 2 is 2.20 bits per heavy atom. The Morgan fingerprint density at radius 3 is 3.00 bits per heavy atom. The number of aliphatic hydroxyl groups is 1. The third-order valence-electron chi connectivity index (χ3n) is 3.89. The van der Waals surface area contributed by atoms with E-state index in [1.54, 1.807) is 7.11 Å². The number of hydrogen-bond acceptors (Lipinski definition) is 3. The van der Waals surface area contributed by atoms with Crippen molar-refractivity contribution in [3.63, 3.8) is 0 Å². The van der Waals surface area contributed by atoms with Crippen LogP contribution in [0.5, 0.6) is 5.75 Å². The van der Waals surface area contributed by atoms with Gasteiger partial charge in [0.25, 0.3) is 0 Å². The fourth-order valence-corrected chi connectivity index (χ4v) is 2.81. The normalized spacial score (nSPS) is 23.1. The molecule has 0 amide bonds. The molecule has 3 nitrogen and oxygen atoms in total. The quantitative estimate of drug-likeness (QED) is 0.784. The van der Waals surface area contributed by atoms with Crippen molar-refractivity contribution in [1.29, 1.82) is 0 Å². The van der Waals surface area contributed by atoms with Crippen molar-refractivity contribution in [2.75, 3.05) is 20.2 Å². The first-order valence-corrected chi connectivity index (χ1v) is 7.48. The molecule has 0 saturated heterocycles. The van der Waals surface area contributed by atoms with Gasteiger partial charge in [0.15, 0.2) is 0 Å². The van der Waals surface area contributed by atoms with Gasteiger partial charge >= 0.3 is 0 Å². The summed E-state index contributed by atoms with van der Waals surface area (Å²) in [4.78, 5) is 0. The second kappa shape index (κ2) is 8.08. The number of rotatable bonds is 6. The number of nitrogens with one attached hydrogen (secondary N) is 1. The monoisotopic (exact) mass is 275 g/mol. The summed E-state index contributed by atoms with van der Waals surface area (Å²) in [5.41, 5.74) is 1.10. The molecule has 1 fully saturated rings. The molecule has 1 aromatic rings. The largest absolute Gasteiger partial charge is 0.496 e. The van der Waals surface area contributed by atoms with Crippen molar-refractivity contribution in [2.24, 2.45) is 5.92 Å². The zero-order valence-corrected chi connectivity index (χ0v) is 12.2. The van der Waals surface area contributed by atoms with E-state index in [2.05, 4.69) is 17.5 Å². The van der Waals surface area contributed by atoms with E-state index in [1.165, 1.54) is 6.42 Å². The molecule has 1 aliphatic rings. The maximum atomic E-state index is 9.63. The second-order valence-electron chi connectivity index (χ2n) is 5.49. The fourth-order valence-electron chi connectivity index (χ4n) is 2.81. The van der Waals surface area contributed by atoms with E-state index in [0.717, 1.165) is 43.7 Å². The second-order valence-corrected chi connectivity index (χ2v) is 5.49. The Balaban J connectivity index is 1.71. The number of ether oxygens (including phenoxy) is 1. The fraction of sp³-hybridized carbons (Fsp3) is 0.529. The first-order valence-electron chi connectivity index (χ1n) is 7.48. The highest BCUT2D eigenvalue weighted by Crippen LogP contribution is 2.23. The Kier molecular flexibility index (Phi) is 6.09. The predicted molar refractivity (Wildman–Crippen MR) is 82.9 cm³/mol. The summed E-state index contributed by atoms with van der Waals surface area (Å²) < 4.78 is 5.31. The zero-order chi connectivity index (χ0) is 14.2. The van der Waals surface area contributed by atoms with Crippen LogP contribution >= 0.6 is 0 Å². The van der Waals surface area contributed by atoms with Crippen molar-refractivity contribution in [3.05, 3.63) is 35.9 Å². The minimum atomic E-state index is -0.0836. The number of hydrogen-bond donors (Lipinski definition) is 2. The van der Waals surface area contributed by atoms with Gasteiger partial charge in [0, 0.05) is 12.1 Å². The molecule has 0 spiro atoms. The molecule has 20 heavy (non-hydrogen) atoms. The molecule has 2 rings (SSSR count). The van der Waals surface area contributed by atoms with E-state index in [9.17, 15) is 5.11 Å². The van der Waals surface area contributed by atoms with Gasteiger partial charge in [0.05, 0.1) is 13.2 Å². The lowest BCUT2D eigenvalue weighted by molar-refractivity contribution is 0.101. The third-order valence-corrected chi connectivity index (χ3v) is 3.89. The lowest BCUT2D eigenvalue weighted by Crippen LogP contribution is -2.29. The lowest BCUT2D eigenvalue weighted by atomic mass is 9.87. The van der Waals surface area contributed by atoms with E-state index < -0.39 is 0 Å². The van der Waals surface area contributed by atoms with Crippen molar-refractivity contribution in [1.82, 2.24) is 5.32 Å². The molecule has 2 unspecified atom stereocenters. The summed E-state index contributed by atoms with van der Waals surface area (Å²) in [6.45, 7) is 1.85. The Hall–Kier alpha value is -1.32. The van der Waals surface area contributed by atoms with Gasteiger partial charge in [0.1, 0.15) is 5.75 Å². The molecular weight excluding hydrogens is 250 g/mol.